The molecule has 0 spiro atoms. The molecule has 1 saturated heterocycles. The Kier molecular flexibility index (Phi) is 3.94. The van der Waals surface area contributed by atoms with Crippen LogP contribution in [0, 0.1) is 6.92 Å². The van der Waals surface area contributed by atoms with Crippen LogP contribution < -0.4 is 0 Å². The zero-order chi connectivity index (χ0) is 13.9. The van der Waals surface area contributed by atoms with Crippen LogP contribution >= 0.6 is 11.6 Å². The van der Waals surface area contributed by atoms with Gasteiger partial charge in [-0.05, 0) is 38.4 Å². The molecule has 0 aromatic carbocycles. The average Bonchev–Trinajstić information content (AvgIpc) is 2.89. The normalized spacial score (nSPS) is 19.4. The van der Waals surface area contributed by atoms with Crippen molar-refractivity contribution in [1.29, 1.82) is 0 Å². The molecule has 0 saturated carbocycles. The maximum Gasteiger partial charge on any atom is 0.0761 e. The molecule has 3 rings (SSSR count). The zero-order valence-electron chi connectivity index (χ0n) is 11.5. The minimum absolute atomic E-state index is 0.347. The Hall–Kier alpha value is -1.52. The van der Waals surface area contributed by atoms with Gasteiger partial charge in [-0.3, -0.25) is 19.9 Å². The highest BCUT2D eigenvalue weighted by Gasteiger charge is 2.27. The van der Waals surface area contributed by atoms with E-state index >= 15 is 0 Å². The highest BCUT2D eigenvalue weighted by atomic mass is 35.5. The fraction of sp³-hybridized carbons (Fsp3) is 0.400. The van der Waals surface area contributed by atoms with E-state index in [1.54, 1.807) is 12.4 Å². The van der Waals surface area contributed by atoms with Gasteiger partial charge in [0.25, 0.3) is 0 Å². The predicted octanol–water partition coefficient (Wildman–Crippen LogP) is 3.17. The van der Waals surface area contributed by atoms with Crippen LogP contribution in [-0.4, -0.2) is 26.4 Å². The molecule has 0 N–H and O–H groups in total. The Balaban J connectivity index is 1.77. The second-order valence-corrected chi connectivity index (χ2v) is 5.62. The van der Waals surface area contributed by atoms with E-state index in [-0.39, 0.29) is 0 Å². The number of hydrogen-bond acceptors (Lipinski definition) is 4. The van der Waals surface area contributed by atoms with Gasteiger partial charge in [0.15, 0.2) is 0 Å². The second-order valence-electron chi connectivity index (χ2n) is 5.18. The topological polar surface area (TPSA) is 41.9 Å². The quantitative estimate of drug-likeness (QED) is 0.870. The summed E-state index contributed by atoms with van der Waals surface area (Å²) < 4.78 is 0. The Morgan fingerprint density at radius 2 is 2.20 bits per heavy atom. The van der Waals surface area contributed by atoms with E-state index in [9.17, 15) is 0 Å². The molecule has 1 fully saturated rings. The molecular weight excluding hydrogens is 272 g/mol. The van der Waals surface area contributed by atoms with Crippen molar-refractivity contribution in [2.45, 2.75) is 32.4 Å². The van der Waals surface area contributed by atoms with Crippen molar-refractivity contribution in [2.24, 2.45) is 0 Å². The largest absolute Gasteiger partial charge is 0.289 e. The van der Waals surface area contributed by atoms with Crippen LogP contribution in [0.1, 0.15) is 36.0 Å². The first kappa shape index (κ1) is 13.5. The first-order chi connectivity index (χ1) is 9.72. The Morgan fingerprint density at radius 3 is 2.95 bits per heavy atom. The first-order valence-electron chi connectivity index (χ1n) is 6.85. The molecule has 1 aliphatic rings. The zero-order valence-corrected chi connectivity index (χ0v) is 12.2. The van der Waals surface area contributed by atoms with Gasteiger partial charge in [-0.1, -0.05) is 11.6 Å². The summed E-state index contributed by atoms with van der Waals surface area (Å²) in [4.78, 5) is 15.7. The van der Waals surface area contributed by atoms with Gasteiger partial charge in [0, 0.05) is 25.1 Å². The van der Waals surface area contributed by atoms with Gasteiger partial charge in [-0.2, -0.15) is 0 Å². The average molecular weight is 289 g/mol. The molecule has 0 amide bonds. The highest BCUT2D eigenvalue weighted by molar-refractivity contribution is 6.30. The van der Waals surface area contributed by atoms with Crippen LogP contribution in [0.4, 0.5) is 0 Å². The number of pyridine rings is 1. The maximum atomic E-state index is 5.88. The number of aryl methyl sites for hydroxylation is 1. The number of nitrogens with zero attached hydrogens (tertiary/aromatic N) is 4. The fourth-order valence-corrected chi connectivity index (χ4v) is 2.81. The van der Waals surface area contributed by atoms with Gasteiger partial charge >= 0.3 is 0 Å². The lowest BCUT2D eigenvalue weighted by Crippen LogP contribution is -2.24. The standard InChI is InChI=1S/C15H17ClN4/c1-11-7-17-9-14(19-11)15-3-2-6-20(15)10-13-5-4-12(16)8-18-13/h4-5,7-9,15H,2-3,6,10H2,1H3/t15-/m1/s1. The molecule has 5 heteroatoms. The lowest BCUT2D eigenvalue weighted by molar-refractivity contribution is 0.241. The Bertz CT molecular complexity index is 585. The summed E-state index contributed by atoms with van der Waals surface area (Å²) >= 11 is 5.88. The van der Waals surface area contributed by atoms with Crippen molar-refractivity contribution in [3.63, 3.8) is 0 Å². The molecule has 2 aromatic heterocycles. The van der Waals surface area contributed by atoms with E-state index in [1.807, 2.05) is 25.3 Å². The number of aromatic nitrogens is 3. The maximum absolute atomic E-state index is 5.88. The van der Waals surface area contributed by atoms with Crippen LogP contribution in [-0.2, 0) is 6.54 Å². The van der Waals surface area contributed by atoms with Gasteiger partial charge < -0.3 is 0 Å². The summed E-state index contributed by atoms with van der Waals surface area (Å²) in [5.74, 6) is 0. The molecule has 2 aromatic rings. The minimum atomic E-state index is 0.347. The molecule has 0 bridgehead atoms. The van der Waals surface area contributed by atoms with Crippen LogP contribution in [0.15, 0.2) is 30.7 Å². The summed E-state index contributed by atoms with van der Waals surface area (Å²) in [6, 6.07) is 4.22. The van der Waals surface area contributed by atoms with Gasteiger partial charge in [0.2, 0.25) is 0 Å². The lowest BCUT2D eigenvalue weighted by Gasteiger charge is -2.23. The molecule has 1 aliphatic heterocycles. The van der Waals surface area contributed by atoms with Gasteiger partial charge in [-0.15, -0.1) is 0 Å². The summed E-state index contributed by atoms with van der Waals surface area (Å²) in [5.41, 5.74) is 3.08. The van der Waals surface area contributed by atoms with Crippen molar-refractivity contribution in [3.05, 3.63) is 52.8 Å². The Labute approximate surface area is 123 Å². The molecule has 1 atom stereocenters. The Morgan fingerprint density at radius 1 is 1.30 bits per heavy atom. The highest BCUT2D eigenvalue weighted by Crippen LogP contribution is 2.31. The van der Waals surface area contributed by atoms with Gasteiger partial charge in [-0.25, -0.2) is 0 Å². The van der Waals surface area contributed by atoms with Crippen molar-refractivity contribution in [3.8, 4) is 0 Å². The number of rotatable bonds is 3. The van der Waals surface area contributed by atoms with Crippen molar-refractivity contribution < 1.29 is 0 Å². The van der Waals surface area contributed by atoms with E-state index in [4.69, 9.17) is 11.6 Å². The number of halogens is 1. The molecule has 0 radical (unpaired) electrons. The van der Waals surface area contributed by atoms with E-state index in [2.05, 4.69) is 19.9 Å². The van der Waals surface area contributed by atoms with Crippen LogP contribution in [0.25, 0.3) is 0 Å². The molecule has 0 aliphatic carbocycles. The van der Waals surface area contributed by atoms with Crippen LogP contribution in [0.2, 0.25) is 5.02 Å². The fourth-order valence-electron chi connectivity index (χ4n) is 2.70. The third-order valence-corrected chi connectivity index (χ3v) is 3.86. The smallest absolute Gasteiger partial charge is 0.0761 e. The van der Waals surface area contributed by atoms with E-state index < -0.39 is 0 Å². The SMILES string of the molecule is Cc1cncc([C@H]2CCCN2Cc2ccc(Cl)cn2)n1. The number of hydrogen-bond donors (Lipinski definition) is 0. The lowest BCUT2D eigenvalue weighted by atomic mass is 10.1. The monoisotopic (exact) mass is 288 g/mol. The molecule has 3 heterocycles. The van der Waals surface area contributed by atoms with E-state index in [1.165, 1.54) is 6.42 Å². The third kappa shape index (κ3) is 2.97. The van der Waals surface area contributed by atoms with E-state index in [0.717, 1.165) is 36.6 Å². The second kappa shape index (κ2) is 5.85. The summed E-state index contributed by atoms with van der Waals surface area (Å²) in [5, 5.41) is 0.677. The van der Waals surface area contributed by atoms with Crippen LogP contribution in [0.3, 0.4) is 0 Å². The van der Waals surface area contributed by atoms with E-state index in [0.29, 0.717) is 11.1 Å². The molecule has 4 nitrogen and oxygen atoms in total. The van der Waals surface area contributed by atoms with Gasteiger partial charge in [0.05, 0.1) is 28.1 Å². The van der Waals surface area contributed by atoms with Gasteiger partial charge in [0.1, 0.15) is 0 Å². The summed E-state index contributed by atoms with van der Waals surface area (Å²) in [7, 11) is 0. The number of likely N-dealkylation sites (tertiary alicyclic amines) is 1. The van der Waals surface area contributed by atoms with Crippen LogP contribution in [0.5, 0.6) is 0 Å². The molecule has 20 heavy (non-hydrogen) atoms. The van der Waals surface area contributed by atoms with Crippen molar-refractivity contribution in [2.75, 3.05) is 6.54 Å². The summed E-state index contributed by atoms with van der Waals surface area (Å²) in [6.07, 6.45) is 7.70. The summed E-state index contributed by atoms with van der Waals surface area (Å²) in [6.45, 7) is 3.89. The predicted molar refractivity (Wildman–Crippen MR) is 78.4 cm³/mol. The van der Waals surface area contributed by atoms with Crippen molar-refractivity contribution in [1.82, 2.24) is 19.9 Å². The first-order valence-corrected chi connectivity index (χ1v) is 7.23. The van der Waals surface area contributed by atoms with Crippen molar-refractivity contribution >= 4 is 11.6 Å². The third-order valence-electron chi connectivity index (χ3n) is 3.63. The minimum Gasteiger partial charge on any atom is -0.289 e. The molecule has 104 valence electrons. The molecule has 0 unspecified atom stereocenters. The molecular formula is C15H17ClN4.